The maximum Gasteiger partial charge on any atom is 0.292 e. The van der Waals surface area contributed by atoms with Crippen LogP contribution < -0.4 is 10.2 Å². The summed E-state index contributed by atoms with van der Waals surface area (Å²) < 4.78 is 0. The van der Waals surface area contributed by atoms with Gasteiger partial charge in [-0.2, -0.15) is 5.10 Å². The van der Waals surface area contributed by atoms with E-state index in [9.17, 15) is 9.59 Å². The largest absolute Gasteiger partial charge is 0.368 e. The molecule has 2 aromatic rings. The first kappa shape index (κ1) is 16.9. The van der Waals surface area contributed by atoms with Crippen molar-refractivity contribution >= 4 is 23.2 Å². The summed E-state index contributed by atoms with van der Waals surface area (Å²) in [5.41, 5.74) is 1.77. The van der Waals surface area contributed by atoms with Gasteiger partial charge in [-0.25, -0.2) is 4.98 Å². The number of carbonyl (C=O) groups excluding carboxylic acids is 2. The second-order valence-corrected chi connectivity index (χ2v) is 6.30. The molecule has 0 aliphatic carbocycles. The number of anilines is 2. The van der Waals surface area contributed by atoms with Gasteiger partial charge in [0.1, 0.15) is 6.33 Å². The third kappa shape index (κ3) is 3.96. The molecule has 1 aromatic carbocycles. The van der Waals surface area contributed by atoms with E-state index in [0.717, 1.165) is 31.9 Å². The Kier molecular flexibility index (Phi) is 4.97. The fourth-order valence-electron chi connectivity index (χ4n) is 2.81. The summed E-state index contributed by atoms with van der Waals surface area (Å²) in [5, 5.41) is 8.95. The molecular formula is C17H22N6O2. The molecule has 2 amide bonds. The molecular weight excluding hydrogens is 320 g/mol. The van der Waals surface area contributed by atoms with Gasteiger partial charge in [-0.3, -0.25) is 14.7 Å². The maximum atomic E-state index is 12.0. The smallest absolute Gasteiger partial charge is 0.292 e. The summed E-state index contributed by atoms with van der Waals surface area (Å²) in [7, 11) is 0. The molecule has 0 bridgehead atoms. The second kappa shape index (κ2) is 7.33. The fourth-order valence-corrected chi connectivity index (χ4v) is 2.81. The highest BCUT2D eigenvalue weighted by molar-refractivity contribution is 6.01. The number of hydrogen-bond donors (Lipinski definition) is 2. The molecule has 0 unspecified atom stereocenters. The summed E-state index contributed by atoms with van der Waals surface area (Å²) in [6.45, 7) is 6.95. The summed E-state index contributed by atoms with van der Waals surface area (Å²) >= 11 is 0. The van der Waals surface area contributed by atoms with Crippen molar-refractivity contribution in [3.05, 3.63) is 36.4 Å². The van der Waals surface area contributed by atoms with Crippen LogP contribution in [0.15, 0.2) is 30.6 Å². The minimum absolute atomic E-state index is 0.0406. The minimum atomic E-state index is -0.328. The van der Waals surface area contributed by atoms with Crippen molar-refractivity contribution in [3.8, 4) is 0 Å². The molecule has 1 aliphatic heterocycles. The standard InChI is InChI=1S/C17H22N6O2/c1-12(2)17(25)23-9-7-22(8-10-23)14-5-3-13(4-6-14)20-16(24)15-18-11-19-21-15/h3-6,11-12H,7-10H2,1-2H3,(H,20,24)(H,18,19,21). The van der Waals surface area contributed by atoms with E-state index in [1.165, 1.54) is 6.33 Å². The summed E-state index contributed by atoms with van der Waals surface area (Å²) in [6, 6.07) is 7.65. The molecule has 8 nitrogen and oxygen atoms in total. The maximum absolute atomic E-state index is 12.0. The molecule has 8 heteroatoms. The lowest BCUT2D eigenvalue weighted by molar-refractivity contribution is -0.134. The van der Waals surface area contributed by atoms with E-state index in [1.807, 2.05) is 43.0 Å². The van der Waals surface area contributed by atoms with Crippen molar-refractivity contribution in [2.45, 2.75) is 13.8 Å². The van der Waals surface area contributed by atoms with Crippen molar-refractivity contribution in [1.29, 1.82) is 0 Å². The van der Waals surface area contributed by atoms with E-state index in [4.69, 9.17) is 0 Å². The first-order valence-corrected chi connectivity index (χ1v) is 8.35. The Labute approximate surface area is 146 Å². The Morgan fingerprint density at radius 1 is 1.12 bits per heavy atom. The van der Waals surface area contributed by atoms with Crippen molar-refractivity contribution < 1.29 is 9.59 Å². The molecule has 1 aliphatic rings. The number of benzene rings is 1. The number of H-pyrrole nitrogens is 1. The molecule has 0 spiro atoms. The molecule has 1 fully saturated rings. The van der Waals surface area contributed by atoms with Crippen LogP contribution in [0.1, 0.15) is 24.5 Å². The topological polar surface area (TPSA) is 94.2 Å². The molecule has 132 valence electrons. The minimum Gasteiger partial charge on any atom is -0.368 e. The van der Waals surface area contributed by atoms with Gasteiger partial charge in [-0.05, 0) is 24.3 Å². The normalized spacial score (nSPS) is 14.7. The van der Waals surface area contributed by atoms with Crippen LogP contribution in [-0.4, -0.2) is 58.1 Å². The fraction of sp³-hybridized carbons (Fsp3) is 0.412. The number of piperazine rings is 1. The molecule has 0 radical (unpaired) electrons. The molecule has 2 N–H and O–H groups in total. The molecule has 0 atom stereocenters. The zero-order valence-corrected chi connectivity index (χ0v) is 14.4. The monoisotopic (exact) mass is 342 g/mol. The number of amides is 2. The molecule has 1 aromatic heterocycles. The van der Waals surface area contributed by atoms with E-state index in [1.54, 1.807) is 0 Å². The number of hydrogen-bond acceptors (Lipinski definition) is 5. The van der Waals surface area contributed by atoms with E-state index in [0.29, 0.717) is 5.69 Å². The predicted octanol–water partition coefficient (Wildman–Crippen LogP) is 1.36. The van der Waals surface area contributed by atoms with Gasteiger partial charge in [0.15, 0.2) is 0 Å². The Morgan fingerprint density at radius 2 is 1.80 bits per heavy atom. The molecule has 1 saturated heterocycles. The first-order valence-electron chi connectivity index (χ1n) is 8.35. The van der Waals surface area contributed by atoms with E-state index >= 15 is 0 Å². The number of aromatic amines is 1. The van der Waals surface area contributed by atoms with Crippen LogP contribution in [0.2, 0.25) is 0 Å². The van der Waals surface area contributed by atoms with Crippen molar-refractivity contribution in [3.63, 3.8) is 0 Å². The van der Waals surface area contributed by atoms with Gasteiger partial charge in [0.2, 0.25) is 11.7 Å². The molecule has 0 saturated carbocycles. The first-order chi connectivity index (χ1) is 12.0. The molecule has 25 heavy (non-hydrogen) atoms. The van der Waals surface area contributed by atoms with Gasteiger partial charge in [-0.15, -0.1) is 0 Å². The van der Waals surface area contributed by atoms with E-state index < -0.39 is 0 Å². The summed E-state index contributed by atoms with van der Waals surface area (Å²) in [6.07, 6.45) is 1.29. The number of aromatic nitrogens is 3. The van der Waals surface area contributed by atoms with Gasteiger partial charge in [-0.1, -0.05) is 13.8 Å². The summed E-state index contributed by atoms with van der Waals surface area (Å²) in [4.78, 5) is 31.9. The van der Waals surface area contributed by atoms with Gasteiger partial charge in [0, 0.05) is 43.5 Å². The molecule has 2 heterocycles. The van der Waals surface area contributed by atoms with E-state index in [-0.39, 0.29) is 23.6 Å². The Balaban J connectivity index is 1.56. The lowest BCUT2D eigenvalue weighted by Crippen LogP contribution is -2.49. The lowest BCUT2D eigenvalue weighted by Gasteiger charge is -2.37. The van der Waals surface area contributed by atoms with Gasteiger partial charge in [0.25, 0.3) is 5.91 Å². The van der Waals surface area contributed by atoms with Crippen molar-refractivity contribution in [1.82, 2.24) is 20.1 Å². The average Bonchev–Trinajstić information content (AvgIpc) is 3.17. The SMILES string of the molecule is CC(C)C(=O)N1CCN(c2ccc(NC(=O)c3ncn[nH]3)cc2)CC1. The second-order valence-electron chi connectivity index (χ2n) is 6.30. The highest BCUT2D eigenvalue weighted by atomic mass is 16.2. The van der Waals surface area contributed by atoms with Crippen LogP contribution in [0.3, 0.4) is 0 Å². The van der Waals surface area contributed by atoms with Crippen LogP contribution in [0, 0.1) is 5.92 Å². The number of carbonyl (C=O) groups is 2. The number of rotatable bonds is 4. The Bertz CT molecular complexity index is 718. The quantitative estimate of drug-likeness (QED) is 0.875. The van der Waals surface area contributed by atoms with Gasteiger partial charge < -0.3 is 15.1 Å². The Hall–Kier alpha value is -2.90. The zero-order valence-electron chi connectivity index (χ0n) is 14.4. The van der Waals surface area contributed by atoms with Gasteiger partial charge >= 0.3 is 0 Å². The van der Waals surface area contributed by atoms with Crippen LogP contribution in [0.5, 0.6) is 0 Å². The van der Waals surface area contributed by atoms with Crippen molar-refractivity contribution in [2.75, 3.05) is 36.4 Å². The molecule has 3 rings (SSSR count). The highest BCUT2D eigenvalue weighted by Crippen LogP contribution is 2.20. The number of nitrogens with zero attached hydrogens (tertiary/aromatic N) is 4. The zero-order chi connectivity index (χ0) is 17.8. The Morgan fingerprint density at radius 3 is 2.36 bits per heavy atom. The average molecular weight is 342 g/mol. The highest BCUT2D eigenvalue weighted by Gasteiger charge is 2.22. The third-order valence-corrected chi connectivity index (χ3v) is 4.21. The van der Waals surface area contributed by atoms with Crippen molar-refractivity contribution in [2.24, 2.45) is 5.92 Å². The predicted molar refractivity (Wildman–Crippen MR) is 94.4 cm³/mol. The van der Waals surface area contributed by atoms with Gasteiger partial charge in [0.05, 0.1) is 0 Å². The van der Waals surface area contributed by atoms with E-state index in [2.05, 4.69) is 25.4 Å². The summed E-state index contributed by atoms with van der Waals surface area (Å²) in [5.74, 6) is 0.102. The van der Waals surface area contributed by atoms with Crippen LogP contribution >= 0.6 is 0 Å². The lowest BCUT2D eigenvalue weighted by atomic mass is 10.1. The van der Waals surface area contributed by atoms with Crippen LogP contribution in [0.4, 0.5) is 11.4 Å². The van der Waals surface area contributed by atoms with Crippen LogP contribution in [-0.2, 0) is 4.79 Å². The third-order valence-electron chi connectivity index (χ3n) is 4.21. The van der Waals surface area contributed by atoms with Crippen LogP contribution in [0.25, 0.3) is 0 Å². The number of nitrogens with one attached hydrogen (secondary N) is 2.